The maximum atomic E-state index is 11.2. The lowest BCUT2D eigenvalue weighted by molar-refractivity contribution is 0.101. The summed E-state index contributed by atoms with van der Waals surface area (Å²) >= 11 is 1.76. The zero-order chi connectivity index (χ0) is 15.8. The van der Waals surface area contributed by atoms with Crippen LogP contribution in [0.4, 0.5) is 0 Å². The van der Waals surface area contributed by atoms with Crippen molar-refractivity contribution in [3.8, 4) is 11.5 Å². The first-order chi connectivity index (χ1) is 10.7. The number of carbonyl (C=O) groups is 1. The lowest BCUT2D eigenvalue weighted by atomic mass is 10.2. The van der Waals surface area contributed by atoms with E-state index in [2.05, 4.69) is 0 Å². The molecule has 0 aliphatic carbocycles. The van der Waals surface area contributed by atoms with E-state index in [1.807, 2.05) is 48.5 Å². The highest BCUT2D eigenvalue weighted by atomic mass is 32.2. The van der Waals surface area contributed by atoms with Gasteiger partial charge in [-0.2, -0.15) is 0 Å². The van der Waals surface area contributed by atoms with Crippen molar-refractivity contribution in [3.63, 3.8) is 0 Å². The molecule has 0 heterocycles. The number of methoxy groups -OCH3 is 1. The first-order valence-electron chi connectivity index (χ1n) is 7.20. The maximum Gasteiger partial charge on any atom is 0.161 e. The summed E-state index contributed by atoms with van der Waals surface area (Å²) in [7, 11) is 1.64. The van der Waals surface area contributed by atoms with Gasteiger partial charge in [-0.15, -0.1) is 11.8 Å². The fourth-order valence-electron chi connectivity index (χ4n) is 1.95. The third-order valence-electron chi connectivity index (χ3n) is 3.14. The molecule has 0 radical (unpaired) electrons. The number of Topliss-reactive ketones (excluding diaryl/α,β-unsaturated/α-hetero) is 1. The second-order valence-corrected chi connectivity index (χ2v) is 5.95. The fourth-order valence-corrected chi connectivity index (χ4v) is 2.78. The van der Waals surface area contributed by atoms with Crippen molar-refractivity contribution in [3.05, 3.63) is 54.1 Å². The SMILES string of the molecule is COc1ccccc1OCCCSc1ccc(C(C)=O)cc1. The van der Waals surface area contributed by atoms with Gasteiger partial charge in [0.2, 0.25) is 0 Å². The van der Waals surface area contributed by atoms with Crippen molar-refractivity contribution < 1.29 is 14.3 Å². The van der Waals surface area contributed by atoms with E-state index in [4.69, 9.17) is 9.47 Å². The third-order valence-corrected chi connectivity index (χ3v) is 4.24. The highest BCUT2D eigenvalue weighted by molar-refractivity contribution is 7.99. The fraction of sp³-hybridized carbons (Fsp3) is 0.278. The Hall–Kier alpha value is -1.94. The van der Waals surface area contributed by atoms with E-state index >= 15 is 0 Å². The number of carbonyl (C=O) groups excluding carboxylic acids is 1. The Morgan fingerprint density at radius 2 is 1.73 bits per heavy atom. The zero-order valence-electron chi connectivity index (χ0n) is 12.9. The molecule has 0 aromatic heterocycles. The van der Waals surface area contributed by atoms with Crippen LogP contribution in [0.5, 0.6) is 11.5 Å². The second-order valence-electron chi connectivity index (χ2n) is 4.78. The average Bonchev–Trinajstić information content (AvgIpc) is 2.55. The normalized spacial score (nSPS) is 10.3. The van der Waals surface area contributed by atoms with E-state index in [9.17, 15) is 4.79 Å². The predicted octanol–water partition coefficient (Wildman–Crippen LogP) is 4.46. The highest BCUT2D eigenvalue weighted by Crippen LogP contribution is 2.26. The zero-order valence-corrected chi connectivity index (χ0v) is 13.7. The Kier molecular flexibility index (Phi) is 6.34. The van der Waals surface area contributed by atoms with Crippen LogP contribution >= 0.6 is 11.8 Å². The van der Waals surface area contributed by atoms with Crippen LogP contribution in [0.3, 0.4) is 0 Å². The third kappa shape index (κ3) is 4.81. The van der Waals surface area contributed by atoms with Gasteiger partial charge < -0.3 is 9.47 Å². The molecule has 0 unspecified atom stereocenters. The van der Waals surface area contributed by atoms with Gasteiger partial charge in [-0.25, -0.2) is 0 Å². The first kappa shape index (κ1) is 16.4. The molecule has 0 saturated heterocycles. The largest absolute Gasteiger partial charge is 0.493 e. The van der Waals surface area contributed by atoms with Gasteiger partial charge in [-0.3, -0.25) is 4.79 Å². The summed E-state index contributed by atoms with van der Waals surface area (Å²) in [5, 5.41) is 0. The summed E-state index contributed by atoms with van der Waals surface area (Å²) in [4.78, 5) is 12.4. The minimum absolute atomic E-state index is 0.0989. The molecule has 0 aliphatic heterocycles. The lowest BCUT2D eigenvalue weighted by Crippen LogP contribution is -2.00. The molecule has 116 valence electrons. The summed E-state index contributed by atoms with van der Waals surface area (Å²) < 4.78 is 11.0. The Bertz CT molecular complexity index is 608. The molecule has 0 saturated carbocycles. The monoisotopic (exact) mass is 316 g/mol. The molecule has 4 heteroatoms. The Morgan fingerprint density at radius 1 is 1.05 bits per heavy atom. The van der Waals surface area contributed by atoms with E-state index in [0.29, 0.717) is 6.61 Å². The van der Waals surface area contributed by atoms with Gasteiger partial charge in [0.05, 0.1) is 13.7 Å². The molecule has 0 amide bonds. The predicted molar refractivity (Wildman–Crippen MR) is 90.3 cm³/mol. The molecule has 3 nitrogen and oxygen atoms in total. The van der Waals surface area contributed by atoms with Crippen molar-refractivity contribution in [2.45, 2.75) is 18.2 Å². The van der Waals surface area contributed by atoms with Crippen molar-refractivity contribution >= 4 is 17.5 Å². The van der Waals surface area contributed by atoms with Crippen molar-refractivity contribution in [1.82, 2.24) is 0 Å². The highest BCUT2D eigenvalue weighted by Gasteiger charge is 2.02. The molecular weight excluding hydrogens is 296 g/mol. The van der Waals surface area contributed by atoms with Gasteiger partial charge in [0, 0.05) is 16.2 Å². The molecule has 2 aromatic carbocycles. The van der Waals surface area contributed by atoms with Crippen LogP contribution in [0.1, 0.15) is 23.7 Å². The summed E-state index contributed by atoms with van der Waals surface area (Å²) in [6, 6.07) is 15.4. The minimum atomic E-state index is 0.0989. The van der Waals surface area contributed by atoms with Crippen molar-refractivity contribution in [2.75, 3.05) is 19.5 Å². The molecule has 0 aliphatic rings. The van der Waals surface area contributed by atoms with Gasteiger partial charge in [0.1, 0.15) is 0 Å². The Labute approximate surface area is 135 Å². The number of para-hydroxylation sites is 2. The van der Waals surface area contributed by atoms with E-state index in [1.165, 1.54) is 4.90 Å². The van der Waals surface area contributed by atoms with Gasteiger partial charge >= 0.3 is 0 Å². The molecule has 2 aromatic rings. The lowest BCUT2D eigenvalue weighted by Gasteiger charge is -2.10. The van der Waals surface area contributed by atoms with Gasteiger partial charge in [-0.05, 0) is 37.6 Å². The first-order valence-corrected chi connectivity index (χ1v) is 8.19. The molecule has 22 heavy (non-hydrogen) atoms. The summed E-state index contributed by atoms with van der Waals surface area (Å²) in [5.74, 6) is 2.60. The number of thioether (sulfide) groups is 1. The Morgan fingerprint density at radius 3 is 2.36 bits per heavy atom. The smallest absolute Gasteiger partial charge is 0.161 e. The van der Waals surface area contributed by atoms with Crippen LogP contribution in [-0.2, 0) is 0 Å². The van der Waals surface area contributed by atoms with Gasteiger partial charge in [0.15, 0.2) is 17.3 Å². The molecule has 2 rings (SSSR count). The number of rotatable bonds is 8. The van der Waals surface area contributed by atoms with E-state index in [1.54, 1.807) is 25.8 Å². The van der Waals surface area contributed by atoms with Crippen LogP contribution in [0.2, 0.25) is 0 Å². The van der Waals surface area contributed by atoms with Crippen LogP contribution in [0, 0.1) is 0 Å². The summed E-state index contributed by atoms with van der Waals surface area (Å²) in [5.41, 5.74) is 0.754. The number of ether oxygens (including phenoxy) is 2. The van der Waals surface area contributed by atoms with Crippen molar-refractivity contribution in [1.29, 1.82) is 0 Å². The maximum absolute atomic E-state index is 11.2. The molecule has 0 atom stereocenters. The van der Waals surface area contributed by atoms with Gasteiger partial charge in [0.25, 0.3) is 0 Å². The Balaban J connectivity index is 1.72. The van der Waals surface area contributed by atoms with E-state index < -0.39 is 0 Å². The van der Waals surface area contributed by atoms with Crippen LogP contribution in [-0.4, -0.2) is 25.3 Å². The van der Waals surface area contributed by atoms with Crippen LogP contribution in [0.25, 0.3) is 0 Å². The average molecular weight is 316 g/mol. The minimum Gasteiger partial charge on any atom is -0.493 e. The van der Waals surface area contributed by atoms with E-state index in [0.717, 1.165) is 29.2 Å². The molecule has 0 bridgehead atoms. The molecule has 0 fully saturated rings. The van der Waals surface area contributed by atoms with E-state index in [-0.39, 0.29) is 5.78 Å². The summed E-state index contributed by atoms with van der Waals surface area (Å²) in [6.07, 6.45) is 0.942. The van der Waals surface area contributed by atoms with Crippen LogP contribution < -0.4 is 9.47 Å². The van der Waals surface area contributed by atoms with Crippen LogP contribution in [0.15, 0.2) is 53.4 Å². The van der Waals surface area contributed by atoms with Gasteiger partial charge in [-0.1, -0.05) is 24.3 Å². The second kappa shape index (κ2) is 8.49. The standard InChI is InChI=1S/C18H20O3S/c1-14(19)15-8-10-16(11-9-15)22-13-5-12-21-18-7-4-3-6-17(18)20-2/h3-4,6-11H,5,12-13H2,1-2H3. The molecule has 0 N–H and O–H groups in total. The molecular formula is C18H20O3S. The quantitative estimate of drug-likeness (QED) is 0.409. The number of hydrogen-bond acceptors (Lipinski definition) is 4. The molecule has 0 spiro atoms. The topological polar surface area (TPSA) is 35.5 Å². The summed E-state index contributed by atoms with van der Waals surface area (Å²) in [6.45, 7) is 2.23. The number of benzene rings is 2. The number of hydrogen-bond donors (Lipinski definition) is 0. The number of ketones is 1. The van der Waals surface area contributed by atoms with Crippen molar-refractivity contribution in [2.24, 2.45) is 0 Å².